The Hall–Kier alpha value is -3.08. The number of hydrogen-bond acceptors (Lipinski definition) is 5. The summed E-state index contributed by atoms with van der Waals surface area (Å²) in [5.41, 5.74) is -0.671. The van der Waals surface area contributed by atoms with Crippen molar-refractivity contribution in [2.24, 2.45) is 7.05 Å². The molecule has 0 saturated carbocycles. The lowest BCUT2D eigenvalue weighted by atomic mass is 10.1. The summed E-state index contributed by atoms with van der Waals surface area (Å²) < 4.78 is 68.8. The van der Waals surface area contributed by atoms with Crippen LogP contribution in [-0.4, -0.2) is 30.4 Å². The maximum absolute atomic E-state index is 12.9. The molecule has 3 aromatic rings. The summed E-state index contributed by atoms with van der Waals surface area (Å²) >= 11 is 0. The highest BCUT2D eigenvalue weighted by Crippen LogP contribution is 2.32. The lowest BCUT2D eigenvalue weighted by Gasteiger charge is -2.07. The van der Waals surface area contributed by atoms with Crippen LogP contribution >= 0.6 is 0 Å². The molecule has 0 saturated heterocycles. The maximum Gasteiger partial charge on any atom is 0.416 e. The number of sulfone groups is 1. The van der Waals surface area contributed by atoms with Crippen LogP contribution in [0.2, 0.25) is 0 Å². The van der Waals surface area contributed by atoms with E-state index in [1.165, 1.54) is 31.3 Å². The SMILES string of the molecule is Cn1ncc(C(=O)NCc2ccc(-c3cccc(C(F)(F)F)c3)o2)c1S(C)(=O)=O. The van der Waals surface area contributed by atoms with Crippen LogP contribution < -0.4 is 5.32 Å². The zero-order valence-corrected chi connectivity index (χ0v) is 16.1. The van der Waals surface area contributed by atoms with Crippen LogP contribution in [0.25, 0.3) is 11.3 Å². The molecule has 3 rings (SSSR count). The van der Waals surface area contributed by atoms with Crippen molar-refractivity contribution in [2.45, 2.75) is 17.7 Å². The largest absolute Gasteiger partial charge is 0.459 e. The first-order valence-corrected chi connectivity index (χ1v) is 10.1. The van der Waals surface area contributed by atoms with Crippen LogP contribution in [0, 0.1) is 0 Å². The molecule has 0 atom stereocenters. The Bertz CT molecular complexity index is 1160. The zero-order valence-electron chi connectivity index (χ0n) is 15.3. The van der Waals surface area contributed by atoms with Gasteiger partial charge in [0.25, 0.3) is 5.91 Å². The van der Waals surface area contributed by atoms with Crippen molar-refractivity contribution in [3.63, 3.8) is 0 Å². The first-order chi connectivity index (χ1) is 13.5. The third-order valence-corrected chi connectivity index (χ3v) is 5.23. The third kappa shape index (κ3) is 4.50. The molecule has 1 aromatic carbocycles. The molecule has 7 nitrogen and oxygen atoms in total. The predicted molar refractivity (Wildman–Crippen MR) is 96.6 cm³/mol. The van der Waals surface area contributed by atoms with E-state index in [1.807, 2.05) is 0 Å². The van der Waals surface area contributed by atoms with Crippen LogP contribution in [0.1, 0.15) is 21.7 Å². The van der Waals surface area contributed by atoms with Crippen LogP contribution in [0.15, 0.2) is 52.0 Å². The molecule has 0 aliphatic carbocycles. The molecule has 11 heteroatoms. The molecule has 0 radical (unpaired) electrons. The second kappa shape index (κ2) is 7.39. The summed E-state index contributed by atoms with van der Waals surface area (Å²) in [7, 11) is -2.27. The van der Waals surface area contributed by atoms with Gasteiger partial charge in [0.1, 0.15) is 11.5 Å². The Morgan fingerprint density at radius 1 is 1.24 bits per heavy atom. The molecule has 0 unspecified atom stereocenters. The summed E-state index contributed by atoms with van der Waals surface area (Å²) in [5.74, 6) is -0.176. The average molecular weight is 427 g/mol. The lowest BCUT2D eigenvalue weighted by molar-refractivity contribution is -0.137. The van der Waals surface area contributed by atoms with Crippen LogP contribution in [-0.2, 0) is 29.6 Å². The number of alkyl halides is 3. The van der Waals surface area contributed by atoms with Crippen LogP contribution in [0.5, 0.6) is 0 Å². The molecule has 0 aliphatic rings. The van der Waals surface area contributed by atoms with E-state index in [4.69, 9.17) is 4.42 Å². The van der Waals surface area contributed by atoms with Gasteiger partial charge in [0.15, 0.2) is 14.9 Å². The van der Waals surface area contributed by atoms with E-state index >= 15 is 0 Å². The molecular weight excluding hydrogens is 411 g/mol. The van der Waals surface area contributed by atoms with Gasteiger partial charge in [0.05, 0.1) is 23.9 Å². The Balaban J connectivity index is 1.75. The van der Waals surface area contributed by atoms with Crippen molar-refractivity contribution in [2.75, 3.05) is 6.26 Å². The van der Waals surface area contributed by atoms with Crippen molar-refractivity contribution in [3.8, 4) is 11.3 Å². The highest BCUT2D eigenvalue weighted by Gasteiger charge is 2.30. The Morgan fingerprint density at radius 2 is 1.97 bits per heavy atom. The van der Waals surface area contributed by atoms with Gasteiger partial charge in [0, 0.05) is 18.9 Å². The minimum Gasteiger partial charge on any atom is -0.459 e. The van der Waals surface area contributed by atoms with Gasteiger partial charge in [-0.25, -0.2) is 8.42 Å². The molecular formula is C18H16F3N3O4S. The van der Waals surface area contributed by atoms with E-state index in [9.17, 15) is 26.4 Å². The second-order valence-electron chi connectivity index (χ2n) is 6.29. The number of amides is 1. The van der Waals surface area contributed by atoms with Gasteiger partial charge >= 0.3 is 6.18 Å². The molecule has 1 N–H and O–H groups in total. The standard InChI is InChI=1S/C18H16F3N3O4S/c1-24-17(29(2,26)27)14(10-23-24)16(25)22-9-13-6-7-15(28-13)11-4-3-5-12(8-11)18(19,20)21/h3-8,10H,9H2,1-2H3,(H,22,25). The maximum atomic E-state index is 12.9. The van der Waals surface area contributed by atoms with Gasteiger partial charge in [0.2, 0.25) is 0 Å². The van der Waals surface area contributed by atoms with E-state index in [1.54, 1.807) is 0 Å². The fraction of sp³-hybridized carbons (Fsp3) is 0.222. The summed E-state index contributed by atoms with van der Waals surface area (Å²) in [5, 5.41) is 6.08. The number of benzene rings is 1. The van der Waals surface area contributed by atoms with E-state index in [2.05, 4.69) is 10.4 Å². The van der Waals surface area contributed by atoms with Crippen LogP contribution in [0.4, 0.5) is 13.2 Å². The number of rotatable bonds is 5. The number of hydrogen-bond donors (Lipinski definition) is 1. The molecule has 154 valence electrons. The number of carbonyl (C=O) groups is 1. The molecule has 2 aromatic heterocycles. The topological polar surface area (TPSA) is 94.2 Å². The molecule has 1 amide bonds. The normalized spacial score (nSPS) is 12.2. The van der Waals surface area contributed by atoms with Crippen molar-refractivity contribution >= 4 is 15.7 Å². The Morgan fingerprint density at radius 3 is 2.62 bits per heavy atom. The highest BCUT2D eigenvalue weighted by atomic mass is 32.2. The lowest BCUT2D eigenvalue weighted by Crippen LogP contribution is -2.24. The fourth-order valence-corrected chi connectivity index (χ4v) is 3.83. The van der Waals surface area contributed by atoms with Crippen molar-refractivity contribution < 1.29 is 30.8 Å². The van der Waals surface area contributed by atoms with Gasteiger partial charge in [-0.3, -0.25) is 9.48 Å². The van der Waals surface area contributed by atoms with Gasteiger partial charge < -0.3 is 9.73 Å². The number of aryl methyl sites for hydroxylation is 1. The number of nitrogens with one attached hydrogen (secondary N) is 1. The molecule has 0 bridgehead atoms. The van der Waals surface area contributed by atoms with Crippen molar-refractivity contribution in [1.29, 1.82) is 0 Å². The molecule has 0 fully saturated rings. The van der Waals surface area contributed by atoms with Crippen molar-refractivity contribution in [1.82, 2.24) is 15.1 Å². The quantitative estimate of drug-likeness (QED) is 0.676. The second-order valence-corrected chi connectivity index (χ2v) is 8.22. The molecule has 2 heterocycles. The van der Waals surface area contributed by atoms with Crippen LogP contribution in [0.3, 0.4) is 0 Å². The summed E-state index contributed by atoms with van der Waals surface area (Å²) in [6.07, 6.45) is -2.36. The summed E-state index contributed by atoms with van der Waals surface area (Å²) in [4.78, 5) is 12.3. The highest BCUT2D eigenvalue weighted by molar-refractivity contribution is 7.90. The number of furan rings is 1. The van der Waals surface area contributed by atoms with E-state index < -0.39 is 27.5 Å². The molecule has 0 aliphatic heterocycles. The Labute approximate surface area is 164 Å². The number of carbonyl (C=O) groups excluding carboxylic acids is 1. The molecule has 29 heavy (non-hydrogen) atoms. The monoisotopic (exact) mass is 427 g/mol. The van der Waals surface area contributed by atoms with Gasteiger partial charge in [-0.05, 0) is 24.3 Å². The van der Waals surface area contributed by atoms with E-state index in [-0.39, 0.29) is 34.2 Å². The first-order valence-electron chi connectivity index (χ1n) is 8.23. The number of nitrogens with zero attached hydrogens (tertiary/aromatic N) is 2. The number of aromatic nitrogens is 2. The zero-order chi connectivity index (χ0) is 21.4. The number of halogens is 3. The summed E-state index contributed by atoms with van der Waals surface area (Å²) in [6.45, 7) is -0.0874. The predicted octanol–water partition coefficient (Wildman–Crippen LogP) is 3.03. The third-order valence-electron chi connectivity index (χ3n) is 4.04. The minimum absolute atomic E-state index is 0.0874. The fourth-order valence-electron chi connectivity index (χ4n) is 2.76. The summed E-state index contributed by atoms with van der Waals surface area (Å²) in [6, 6.07) is 7.68. The minimum atomic E-state index is -4.47. The Kier molecular flexibility index (Phi) is 5.26. The van der Waals surface area contributed by atoms with Gasteiger partial charge in [-0.1, -0.05) is 12.1 Å². The van der Waals surface area contributed by atoms with Crippen molar-refractivity contribution in [3.05, 3.63) is 59.5 Å². The van der Waals surface area contributed by atoms with E-state index in [0.29, 0.717) is 0 Å². The molecule has 0 spiro atoms. The van der Waals surface area contributed by atoms with Gasteiger partial charge in [-0.15, -0.1) is 0 Å². The van der Waals surface area contributed by atoms with E-state index in [0.717, 1.165) is 29.3 Å². The van der Waals surface area contributed by atoms with Gasteiger partial charge in [-0.2, -0.15) is 18.3 Å². The average Bonchev–Trinajstić information content (AvgIpc) is 3.25. The first kappa shape index (κ1) is 20.6. The smallest absolute Gasteiger partial charge is 0.416 e.